The van der Waals surface area contributed by atoms with Crippen LogP contribution in [0, 0.1) is 0 Å². The van der Waals surface area contributed by atoms with E-state index in [0.29, 0.717) is 13.2 Å². The zero-order valence-electron chi connectivity index (χ0n) is 9.50. The summed E-state index contributed by atoms with van der Waals surface area (Å²) in [7, 11) is 0. The van der Waals surface area contributed by atoms with Crippen LogP contribution in [0.2, 0.25) is 0 Å². The second-order valence-electron chi connectivity index (χ2n) is 3.94. The van der Waals surface area contributed by atoms with Crippen molar-refractivity contribution in [2.75, 3.05) is 31.1 Å². The van der Waals surface area contributed by atoms with Crippen LogP contribution in [-0.4, -0.2) is 43.2 Å². The molecule has 0 saturated carbocycles. The van der Waals surface area contributed by atoms with E-state index < -0.39 is 5.91 Å². The molecule has 17 heavy (non-hydrogen) atoms. The Balaban J connectivity index is 2.16. The molecule has 0 aliphatic carbocycles. The van der Waals surface area contributed by atoms with Gasteiger partial charge in [0, 0.05) is 31.5 Å². The molecule has 6 nitrogen and oxygen atoms in total. The lowest BCUT2D eigenvalue weighted by Gasteiger charge is -2.34. The number of pyridine rings is 1. The van der Waals surface area contributed by atoms with Crippen LogP contribution in [-0.2, 0) is 4.74 Å². The summed E-state index contributed by atoms with van der Waals surface area (Å²) >= 11 is 0. The maximum atomic E-state index is 11.1. The summed E-state index contributed by atoms with van der Waals surface area (Å²) in [5.74, 6) is -0.518. The number of hydrogen-bond donors (Lipinski definition) is 2. The number of carbonyl (C=O) groups is 1. The van der Waals surface area contributed by atoms with E-state index >= 15 is 0 Å². The van der Waals surface area contributed by atoms with Crippen LogP contribution in [0.5, 0.6) is 0 Å². The van der Waals surface area contributed by atoms with Gasteiger partial charge in [0.2, 0.25) is 0 Å². The van der Waals surface area contributed by atoms with E-state index in [4.69, 9.17) is 16.2 Å². The lowest BCUT2D eigenvalue weighted by Crippen LogP contribution is -2.45. The van der Waals surface area contributed by atoms with Crippen LogP contribution in [0.25, 0.3) is 0 Å². The van der Waals surface area contributed by atoms with Gasteiger partial charge >= 0.3 is 0 Å². The molecule has 1 atom stereocenters. The van der Waals surface area contributed by atoms with Crippen molar-refractivity contribution in [3.63, 3.8) is 0 Å². The molecule has 4 N–H and O–H groups in total. The van der Waals surface area contributed by atoms with Gasteiger partial charge in [-0.15, -0.1) is 0 Å². The normalized spacial score (nSPS) is 20.3. The number of morpholine rings is 1. The monoisotopic (exact) mass is 236 g/mol. The van der Waals surface area contributed by atoms with E-state index in [2.05, 4.69) is 9.88 Å². The number of nitrogens with two attached hydrogens (primary N) is 2. The van der Waals surface area contributed by atoms with Gasteiger partial charge in [-0.2, -0.15) is 0 Å². The lowest BCUT2D eigenvalue weighted by molar-refractivity contribution is 0.0465. The molecule has 1 fully saturated rings. The van der Waals surface area contributed by atoms with Crippen molar-refractivity contribution in [1.29, 1.82) is 0 Å². The molecule has 0 bridgehead atoms. The molecule has 2 heterocycles. The number of amides is 1. The average molecular weight is 236 g/mol. The summed E-state index contributed by atoms with van der Waals surface area (Å²) in [6.45, 7) is 2.62. The number of ether oxygens (including phenoxy) is 1. The molecule has 1 aromatic rings. The van der Waals surface area contributed by atoms with Crippen LogP contribution < -0.4 is 16.4 Å². The fourth-order valence-electron chi connectivity index (χ4n) is 1.85. The Labute approximate surface area is 99.5 Å². The Kier molecular flexibility index (Phi) is 3.55. The average Bonchev–Trinajstić information content (AvgIpc) is 2.39. The Morgan fingerprint density at radius 2 is 2.47 bits per heavy atom. The number of hydrogen-bond acceptors (Lipinski definition) is 5. The second kappa shape index (κ2) is 5.11. The van der Waals surface area contributed by atoms with E-state index in [0.717, 1.165) is 18.8 Å². The van der Waals surface area contributed by atoms with E-state index in [1.165, 1.54) is 0 Å². The van der Waals surface area contributed by atoms with Crippen LogP contribution in [0.1, 0.15) is 10.5 Å². The molecule has 1 aliphatic heterocycles. The minimum Gasteiger partial charge on any atom is -0.373 e. The molecule has 92 valence electrons. The van der Waals surface area contributed by atoms with Crippen LogP contribution in [0.4, 0.5) is 5.69 Å². The fraction of sp³-hybridized carbons (Fsp3) is 0.455. The molecule has 0 spiro atoms. The van der Waals surface area contributed by atoms with Gasteiger partial charge in [0.05, 0.1) is 12.7 Å². The summed E-state index contributed by atoms with van der Waals surface area (Å²) in [6.07, 6.45) is 1.62. The first-order chi connectivity index (χ1) is 8.20. The van der Waals surface area contributed by atoms with Crippen molar-refractivity contribution in [3.05, 3.63) is 24.0 Å². The highest BCUT2D eigenvalue weighted by atomic mass is 16.5. The molecule has 6 heteroatoms. The van der Waals surface area contributed by atoms with Gasteiger partial charge in [0.1, 0.15) is 5.69 Å². The molecular weight excluding hydrogens is 220 g/mol. The number of primary amides is 1. The minimum atomic E-state index is -0.518. The largest absolute Gasteiger partial charge is 0.373 e. The maximum absolute atomic E-state index is 11.1. The van der Waals surface area contributed by atoms with E-state index in [1.54, 1.807) is 12.3 Å². The van der Waals surface area contributed by atoms with Gasteiger partial charge in [0.15, 0.2) is 0 Å². The minimum absolute atomic E-state index is 0.0361. The highest BCUT2D eigenvalue weighted by molar-refractivity contribution is 5.91. The second-order valence-corrected chi connectivity index (χ2v) is 3.94. The van der Waals surface area contributed by atoms with Gasteiger partial charge in [-0.1, -0.05) is 0 Å². The number of rotatable bonds is 3. The summed E-state index contributed by atoms with van der Waals surface area (Å²) in [5.41, 5.74) is 12.0. The summed E-state index contributed by atoms with van der Waals surface area (Å²) in [5, 5.41) is 0. The molecule has 2 rings (SSSR count). The van der Waals surface area contributed by atoms with Crippen LogP contribution in [0.3, 0.4) is 0 Å². The standard InChI is InChI=1S/C11H16N4O2/c12-6-9-7-15(3-4-17-9)8-1-2-14-10(5-8)11(13)16/h1-2,5,9H,3-4,6-7,12H2,(H2,13,16). The van der Waals surface area contributed by atoms with Gasteiger partial charge in [-0.3, -0.25) is 9.78 Å². The highest BCUT2D eigenvalue weighted by Gasteiger charge is 2.20. The van der Waals surface area contributed by atoms with Crippen molar-refractivity contribution in [3.8, 4) is 0 Å². The number of anilines is 1. The van der Waals surface area contributed by atoms with E-state index in [-0.39, 0.29) is 11.8 Å². The summed E-state index contributed by atoms with van der Waals surface area (Å²) in [6, 6.07) is 3.55. The Morgan fingerprint density at radius 1 is 1.65 bits per heavy atom. The first-order valence-corrected chi connectivity index (χ1v) is 5.53. The number of carbonyl (C=O) groups excluding carboxylic acids is 1. The van der Waals surface area contributed by atoms with Crippen molar-refractivity contribution in [1.82, 2.24) is 4.98 Å². The van der Waals surface area contributed by atoms with Gasteiger partial charge in [-0.05, 0) is 12.1 Å². The predicted octanol–water partition coefficient (Wildman–Crippen LogP) is -0.656. The van der Waals surface area contributed by atoms with Crippen LogP contribution in [0.15, 0.2) is 18.3 Å². The SMILES string of the molecule is NCC1CN(c2ccnc(C(N)=O)c2)CCO1. The third kappa shape index (κ3) is 2.72. The first-order valence-electron chi connectivity index (χ1n) is 5.53. The number of nitrogens with zero attached hydrogens (tertiary/aromatic N) is 2. The molecule has 1 saturated heterocycles. The fourth-order valence-corrected chi connectivity index (χ4v) is 1.85. The molecule has 0 aromatic carbocycles. The molecule has 1 aromatic heterocycles. The number of aromatic nitrogens is 1. The van der Waals surface area contributed by atoms with E-state index in [9.17, 15) is 4.79 Å². The van der Waals surface area contributed by atoms with Gasteiger partial charge in [-0.25, -0.2) is 0 Å². The van der Waals surface area contributed by atoms with Crippen molar-refractivity contribution < 1.29 is 9.53 Å². The summed E-state index contributed by atoms with van der Waals surface area (Å²) < 4.78 is 5.48. The van der Waals surface area contributed by atoms with Crippen molar-refractivity contribution in [2.45, 2.75) is 6.10 Å². The topological polar surface area (TPSA) is 94.5 Å². The molecule has 1 unspecified atom stereocenters. The lowest BCUT2D eigenvalue weighted by atomic mass is 10.2. The molecular formula is C11H16N4O2. The zero-order valence-corrected chi connectivity index (χ0v) is 9.50. The quantitative estimate of drug-likeness (QED) is 0.727. The predicted molar refractivity (Wildman–Crippen MR) is 63.8 cm³/mol. The van der Waals surface area contributed by atoms with Gasteiger partial charge in [0.25, 0.3) is 5.91 Å². The first kappa shape index (κ1) is 11.8. The molecule has 1 aliphatic rings. The Hall–Kier alpha value is -1.66. The molecule has 1 amide bonds. The zero-order chi connectivity index (χ0) is 12.3. The van der Waals surface area contributed by atoms with Crippen molar-refractivity contribution >= 4 is 11.6 Å². The maximum Gasteiger partial charge on any atom is 0.267 e. The smallest absolute Gasteiger partial charge is 0.267 e. The third-order valence-corrected chi connectivity index (χ3v) is 2.76. The summed E-state index contributed by atoms with van der Waals surface area (Å²) in [4.78, 5) is 17.1. The Morgan fingerprint density at radius 3 is 3.18 bits per heavy atom. The van der Waals surface area contributed by atoms with E-state index in [1.807, 2.05) is 6.07 Å². The van der Waals surface area contributed by atoms with Gasteiger partial charge < -0.3 is 21.1 Å². The Bertz CT molecular complexity index is 410. The highest BCUT2D eigenvalue weighted by Crippen LogP contribution is 2.17. The van der Waals surface area contributed by atoms with Crippen molar-refractivity contribution in [2.24, 2.45) is 11.5 Å². The third-order valence-electron chi connectivity index (χ3n) is 2.76. The molecule has 0 radical (unpaired) electrons. The van der Waals surface area contributed by atoms with Crippen LogP contribution >= 0.6 is 0 Å².